The average Bonchev–Trinajstić information content (AvgIpc) is 3.74. The molecule has 12 heteroatoms. The van der Waals surface area contributed by atoms with E-state index in [4.69, 9.17) is 24.4 Å². The highest BCUT2D eigenvalue weighted by molar-refractivity contribution is 7.80. The molecule has 2 heterocycles. The van der Waals surface area contributed by atoms with Crippen LogP contribution in [-0.4, -0.2) is 86.2 Å². The van der Waals surface area contributed by atoms with E-state index >= 15 is 0 Å². The lowest BCUT2D eigenvalue weighted by molar-refractivity contribution is 0.157. The van der Waals surface area contributed by atoms with E-state index in [0.29, 0.717) is 18.1 Å². The molecule has 3 fully saturated rings. The van der Waals surface area contributed by atoms with E-state index in [1.165, 1.54) is 101 Å². The summed E-state index contributed by atoms with van der Waals surface area (Å²) in [5.74, 6) is 1.72. The van der Waals surface area contributed by atoms with Crippen LogP contribution in [0.2, 0.25) is 0 Å². The Bertz CT molecular complexity index is 963. The predicted octanol–water partition coefficient (Wildman–Crippen LogP) is 5.93. The lowest BCUT2D eigenvalue weighted by Gasteiger charge is -2.43. The van der Waals surface area contributed by atoms with Gasteiger partial charge in [0.15, 0.2) is 0 Å². The molecule has 0 aliphatic heterocycles. The van der Waals surface area contributed by atoms with Gasteiger partial charge in [0.1, 0.15) is 11.6 Å². The van der Waals surface area contributed by atoms with Gasteiger partial charge >= 0.3 is 0 Å². The molecule has 5 rings (SSSR count). The van der Waals surface area contributed by atoms with Gasteiger partial charge in [-0.05, 0) is 85.1 Å². The second-order valence-electron chi connectivity index (χ2n) is 12.1. The summed E-state index contributed by atoms with van der Waals surface area (Å²) >= 11 is 11.4. The number of hydrogen-bond acceptors (Lipinski definition) is 8. The van der Waals surface area contributed by atoms with Crippen molar-refractivity contribution in [1.29, 1.82) is 0 Å². The first-order valence-electron chi connectivity index (χ1n) is 16.1. The van der Waals surface area contributed by atoms with Gasteiger partial charge in [0, 0.05) is 38.0 Å². The normalized spacial score (nSPS) is 18.9. The summed E-state index contributed by atoms with van der Waals surface area (Å²) in [6.07, 6.45) is 26.0. The number of thiocarbonyl (C=S) groups is 2. The number of aromatic nitrogens is 8. The molecule has 0 unspecified atom stereocenters. The molecule has 0 saturated heterocycles. The minimum atomic E-state index is 0.665. The largest absolute Gasteiger partial charge is 0.366 e. The number of aryl methyl sites for hydroxylation is 2. The van der Waals surface area contributed by atoms with Gasteiger partial charge in [0.05, 0.1) is 9.98 Å². The number of rotatable bonds is 11. The molecule has 2 aromatic rings. The molecule has 3 saturated carbocycles. The van der Waals surface area contributed by atoms with Crippen LogP contribution in [0.3, 0.4) is 0 Å². The molecule has 228 valence electrons. The van der Waals surface area contributed by atoms with Crippen LogP contribution in [0.4, 0.5) is 0 Å². The molecule has 0 atom stereocenters. The highest BCUT2D eigenvalue weighted by Crippen LogP contribution is 2.31. The maximum absolute atomic E-state index is 5.90. The van der Waals surface area contributed by atoms with Crippen molar-refractivity contribution in [2.45, 2.75) is 153 Å². The average molecular weight is 603 g/mol. The molecule has 3 aliphatic rings. The fourth-order valence-corrected chi connectivity index (χ4v) is 7.52. The van der Waals surface area contributed by atoms with Crippen LogP contribution in [0, 0.1) is 0 Å². The van der Waals surface area contributed by atoms with Crippen LogP contribution in [0.1, 0.15) is 134 Å². The lowest BCUT2D eigenvalue weighted by Crippen LogP contribution is -2.48. The van der Waals surface area contributed by atoms with E-state index in [1.807, 2.05) is 0 Å². The van der Waals surface area contributed by atoms with Crippen molar-refractivity contribution >= 4 is 34.4 Å². The van der Waals surface area contributed by atoms with Gasteiger partial charge in [-0.25, -0.2) is 10.2 Å². The molecule has 10 nitrogen and oxygen atoms in total. The molecule has 0 bridgehead atoms. The Morgan fingerprint density at radius 1 is 0.634 bits per heavy atom. The molecule has 41 heavy (non-hydrogen) atoms. The van der Waals surface area contributed by atoms with Crippen molar-refractivity contribution in [3.63, 3.8) is 0 Å². The van der Waals surface area contributed by atoms with Gasteiger partial charge in [-0.15, -0.1) is 10.2 Å². The second-order valence-corrected chi connectivity index (χ2v) is 13.0. The van der Waals surface area contributed by atoms with E-state index in [0.717, 1.165) is 55.2 Å². The minimum Gasteiger partial charge on any atom is -0.366 e. The third-order valence-electron chi connectivity index (χ3n) is 9.13. The first-order valence-corrected chi connectivity index (χ1v) is 17.0. The van der Waals surface area contributed by atoms with Gasteiger partial charge in [-0.3, -0.25) is 0 Å². The summed E-state index contributed by atoms with van der Waals surface area (Å²) in [6, 6.07) is 2.07. The van der Waals surface area contributed by atoms with E-state index in [-0.39, 0.29) is 0 Å². The van der Waals surface area contributed by atoms with Gasteiger partial charge in [-0.2, -0.15) is 0 Å². The van der Waals surface area contributed by atoms with Crippen molar-refractivity contribution in [3.05, 3.63) is 11.6 Å². The number of tetrazole rings is 2. The summed E-state index contributed by atoms with van der Waals surface area (Å²) in [4.78, 5) is 7.25. The Hall–Kier alpha value is -2.08. The number of nitrogens with one attached hydrogen (secondary N) is 2. The maximum atomic E-state index is 5.90. The Labute approximate surface area is 256 Å². The van der Waals surface area contributed by atoms with Crippen LogP contribution in [0.5, 0.6) is 0 Å². The number of H-pyrrole nitrogens is 2. The van der Waals surface area contributed by atoms with E-state index < -0.39 is 0 Å². The first kappa shape index (κ1) is 31.8. The summed E-state index contributed by atoms with van der Waals surface area (Å²) < 4.78 is 0. The Kier molecular flexibility index (Phi) is 13.8. The first-order chi connectivity index (χ1) is 20.1. The summed E-state index contributed by atoms with van der Waals surface area (Å²) in [6.45, 7) is 0. The minimum absolute atomic E-state index is 0.665. The van der Waals surface area contributed by atoms with Crippen LogP contribution < -0.4 is 0 Å². The molecule has 3 aliphatic carbocycles. The van der Waals surface area contributed by atoms with Crippen LogP contribution in [0.15, 0.2) is 0 Å². The van der Waals surface area contributed by atoms with E-state index in [9.17, 15) is 0 Å². The zero-order valence-electron chi connectivity index (χ0n) is 25.0. The zero-order valence-corrected chi connectivity index (χ0v) is 26.6. The molecular formula is C29H50N10S2. The predicted molar refractivity (Wildman–Crippen MR) is 170 cm³/mol. The third kappa shape index (κ3) is 10.6. The van der Waals surface area contributed by atoms with Crippen molar-refractivity contribution in [3.8, 4) is 0 Å². The maximum Gasteiger partial charge on any atom is 0.148 e. The van der Waals surface area contributed by atoms with Crippen LogP contribution in [0.25, 0.3) is 0 Å². The van der Waals surface area contributed by atoms with E-state index in [2.05, 4.69) is 58.1 Å². The van der Waals surface area contributed by atoms with Gasteiger partial charge in [0.2, 0.25) is 0 Å². The number of aromatic amines is 2. The van der Waals surface area contributed by atoms with Crippen molar-refractivity contribution < 1.29 is 0 Å². The molecule has 2 N–H and O–H groups in total. The highest BCUT2D eigenvalue weighted by atomic mass is 32.1. The van der Waals surface area contributed by atoms with Crippen LogP contribution in [-0.2, 0) is 12.8 Å². The number of nitrogens with zero attached hydrogens (tertiary/aromatic N) is 8. The summed E-state index contributed by atoms with van der Waals surface area (Å²) in [5, 5.41) is 27.9. The molecule has 0 radical (unpaired) electrons. The van der Waals surface area contributed by atoms with Gasteiger partial charge < -0.3 is 9.80 Å². The molecular weight excluding hydrogens is 553 g/mol. The molecule has 0 amide bonds. The molecule has 0 spiro atoms. The van der Waals surface area contributed by atoms with Gasteiger partial charge in [0.25, 0.3) is 0 Å². The topological polar surface area (TPSA) is 115 Å². The number of hydrogen-bond donors (Lipinski definition) is 2. The van der Waals surface area contributed by atoms with Crippen molar-refractivity contribution in [2.24, 2.45) is 0 Å². The Morgan fingerprint density at radius 2 is 1.05 bits per heavy atom. The fraction of sp³-hybridized carbons (Fsp3) is 0.862. The third-order valence-corrected chi connectivity index (χ3v) is 10.0. The van der Waals surface area contributed by atoms with Crippen molar-refractivity contribution in [2.75, 3.05) is 7.05 Å². The SMILES string of the molecule is CN(C(=S)CCCc1nnn[nH]1)C1CCCCC1.S=C(CCCc1nnn[nH]1)N(C1CCCCC1)C1CCCCC1. The zero-order chi connectivity index (χ0) is 28.7. The molecule has 2 aromatic heterocycles. The second kappa shape index (κ2) is 17.8. The van der Waals surface area contributed by atoms with Gasteiger partial charge in [-0.1, -0.05) is 82.2 Å². The lowest BCUT2D eigenvalue weighted by atomic mass is 9.88. The van der Waals surface area contributed by atoms with Crippen molar-refractivity contribution in [1.82, 2.24) is 51.0 Å². The van der Waals surface area contributed by atoms with Crippen LogP contribution >= 0.6 is 24.4 Å². The quantitative estimate of drug-likeness (QED) is 0.300. The standard InChI is InChI=1S/C17H29N5S.C12H21N5S/c23-17(13-7-12-16-18-20-21-19-16)22(14-8-3-1-4-9-14)15-10-5-2-6-11-15;1-17(10-6-3-2-4-7-10)12(18)9-5-8-11-13-15-16-14-11/h14-15H,1-13H2,(H,18,19,20,21);10H,2-9H2,1H3,(H,13,14,15,16). The molecule has 0 aromatic carbocycles. The summed E-state index contributed by atoms with van der Waals surface area (Å²) in [7, 11) is 2.15. The summed E-state index contributed by atoms with van der Waals surface area (Å²) in [5.41, 5.74) is 0. The Morgan fingerprint density at radius 3 is 1.46 bits per heavy atom. The monoisotopic (exact) mass is 602 g/mol. The van der Waals surface area contributed by atoms with E-state index in [1.54, 1.807) is 0 Å². The fourth-order valence-electron chi connectivity index (χ4n) is 6.78. The smallest absolute Gasteiger partial charge is 0.148 e. The Balaban J connectivity index is 0.000000195. The highest BCUT2D eigenvalue weighted by Gasteiger charge is 2.30.